The predicted molar refractivity (Wildman–Crippen MR) is 87.9 cm³/mol. The smallest absolute Gasteiger partial charge is 0.240 e. The number of sulfonamides is 1. The van der Waals surface area contributed by atoms with Crippen molar-refractivity contribution >= 4 is 10.0 Å². The molecular weight excluding hydrogens is 326 g/mol. The SMILES string of the molecule is O=S(=O)(N[C@@H]1[C@H]2Cc3ccccc3[C@@H]21)c1ccc2c(c1)OCCO2. The van der Waals surface area contributed by atoms with Crippen molar-refractivity contribution in [1.29, 1.82) is 0 Å². The minimum absolute atomic E-state index is 0.00176. The Hall–Kier alpha value is -2.05. The molecule has 5 nitrogen and oxygen atoms in total. The molecule has 1 heterocycles. The summed E-state index contributed by atoms with van der Waals surface area (Å²) >= 11 is 0. The minimum Gasteiger partial charge on any atom is -0.486 e. The molecule has 1 N–H and O–H groups in total. The highest BCUT2D eigenvalue weighted by Gasteiger charge is 2.56. The van der Waals surface area contributed by atoms with E-state index < -0.39 is 10.0 Å². The van der Waals surface area contributed by atoms with E-state index in [4.69, 9.17) is 9.47 Å². The van der Waals surface area contributed by atoms with Gasteiger partial charge in [0, 0.05) is 18.0 Å². The number of hydrogen-bond donors (Lipinski definition) is 1. The Morgan fingerprint density at radius 3 is 2.67 bits per heavy atom. The highest BCUT2D eigenvalue weighted by molar-refractivity contribution is 7.89. The lowest BCUT2D eigenvalue weighted by Crippen LogP contribution is -2.29. The molecule has 0 amide bonds. The van der Waals surface area contributed by atoms with Gasteiger partial charge in [-0.3, -0.25) is 0 Å². The Morgan fingerprint density at radius 1 is 1.00 bits per heavy atom. The molecule has 0 aromatic heterocycles. The average Bonchev–Trinajstić information content (AvgIpc) is 3.10. The number of benzene rings is 2. The van der Waals surface area contributed by atoms with Crippen LogP contribution in [0, 0.1) is 5.92 Å². The fourth-order valence-electron chi connectivity index (χ4n) is 3.95. The van der Waals surface area contributed by atoms with Crippen molar-refractivity contribution in [3.05, 3.63) is 53.6 Å². The summed E-state index contributed by atoms with van der Waals surface area (Å²) in [7, 11) is -3.56. The van der Waals surface area contributed by atoms with Gasteiger partial charge >= 0.3 is 0 Å². The van der Waals surface area contributed by atoms with Crippen LogP contribution in [0.2, 0.25) is 0 Å². The first-order chi connectivity index (χ1) is 11.6. The van der Waals surface area contributed by atoms with Crippen molar-refractivity contribution < 1.29 is 17.9 Å². The molecule has 0 unspecified atom stereocenters. The molecule has 2 aromatic carbocycles. The number of nitrogens with one attached hydrogen (secondary N) is 1. The first kappa shape index (κ1) is 14.3. The lowest BCUT2D eigenvalue weighted by Gasteiger charge is -2.19. The lowest BCUT2D eigenvalue weighted by atomic mass is 10.1. The zero-order valence-corrected chi connectivity index (χ0v) is 13.8. The van der Waals surface area contributed by atoms with Crippen LogP contribution in [-0.2, 0) is 16.4 Å². The maximum absolute atomic E-state index is 12.7. The van der Waals surface area contributed by atoms with Crippen LogP contribution in [0.4, 0.5) is 0 Å². The second-order valence-corrected chi connectivity index (χ2v) is 8.26. The van der Waals surface area contributed by atoms with E-state index in [1.165, 1.54) is 11.1 Å². The molecule has 24 heavy (non-hydrogen) atoms. The van der Waals surface area contributed by atoms with Gasteiger partial charge in [-0.1, -0.05) is 24.3 Å². The molecule has 0 bridgehead atoms. The number of ether oxygens (including phenoxy) is 2. The van der Waals surface area contributed by atoms with Gasteiger partial charge < -0.3 is 9.47 Å². The molecule has 2 aliphatic carbocycles. The molecule has 124 valence electrons. The first-order valence-corrected chi connectivity index (χ1v) is 9.61. The third kappa shape index (κ3) is 2.13. The molecule has 1 saturated carbocycles. The molecule has 2 aromatic rings. The van der Waals surface area contributed by atoms with Crippen molar-refractivity contribution in [2.45, 2.75) is 23.3 Å². The van der Waals surface area contributed by atoms with E-state index in [1.54, 1.807) is 18.2 Å². The van der Waals surface area contributed by atoms with E-state index in [0.29, 0.717) is 36.5 Å². The predicted octanol–water partition coefficient (Wildman–Crippen LogP) is 2.07. The van der Waals surface area contributed by atoms with Crippen molar-refractivity contribution in [2.24, 2.45) is 5.92 Å². The summed E-state index contributed by atoms with van der Waals surface area (Å²) in [4.78, 5) is 0.227. The van der Waals surface area contributed by atoms with Gasteiger partial charge in [0.05, 0.1) is 4.90 Å². The van der Waals surface area contributed by atoms with Gasteiger partial charge in [-0.25, -0.2) is 13.1 Å². The summed E-state index contributed by atoms with van der Waals surface area (Å²) in [5, 5.41) is 0. The van der Waals surface area contributed by atoms with E-state index in [2.05, 4.69) is 16.9 Å². The summed E-state index contributed by atoms with van der Waals surface area (Å²) < 4.78 is 39.2. The van der Waals surface area contributed by atoms with E-state index in [9.17, 15) is 8.42 Å². The van der Waals surface area contributed by atoms with E-state index in [1.807, 2.05) is 12.1 Å². The van der Waals surface area contributed by atoms with Gasteiger partial charge in [0.2, 0.25) is 10.0 Å². The maximum Gasteiger partial charge on any atom is 0.240 e. The van der Waals surface area contributed by atoms with Gasteiger partial charge in [-0.15, -0.1) is 0 Å². The second kappa shape index (κ2) is 4.97. The van der Waals surface area contributed by atoms with E-state index >= 15 is 0 Å². The standard InChI is InChI=1S/C18H17NO4S/c20-24(21,12-5-6-15-16(10-12)23-8-7-22-15)19-18-14-9-11-3-1-2-4-13(11)17(14)18/h1-6,10,14,17-19H,7-9H2/t14-,17-,18+/m0/s1. The highest BCUT2D eigenvalue weighted by atomic mass is 32.2. The summed E-state index contributed by atoms with van der Waals surface area (Å²) in [6.45, 7) is 0.926. The number of fused-ring (bicyclic) bond motifs is 4. The Morgan fingerprint density at radius 2 is 1.79 bits per heavy atom. The summed E-state index contributed by atoms with van der Waals surface area (Å²) in [6, 6.07) is 13.1. The Labute approximate surface area is 140 Å². The maximum atomic E-state index is 12.7. The zero-order chi connectivity index (χ0) is 16.3. The van der Waals surface area contributed by atoms with Gasteiger partial charge in [0.25, 0.3) is 0 Å². The quantitative estimate of drug-likeness (QED) is 0.927. The second-order valence-electron chi connectivity index (χ2n) is 6.55. The summed E-state index contributed by atoms with van der Waals surface area (Å²) in [6.07, 6.45) is 0.954. The Bertz CT molecular complexity index is 924. The summed E-state index contributed by atoms with van der Waals surface area (Å²) in [5.74, 6) is 1.78. The van der Waals surface area contributed by atoms with Crippen LogP contribution in [0.25, 0.3) is 0 Å². The van der Waals surface area contributed by atoms with Crippen molar-refractivity contribution in [3.63, 3.8) is 0 Å². The monoisotopic (exact) mass is 343 g/mol. The molecule has 0 radical (unpaired) electrons. The summed E-state index contributed by atoms with van der Waals surface area (Å²) in [5.41, 5.74) is 2.64. The van der Waals surface area contributed by atoms with Gasteiger partial charge in [-0.05, 0) is 35.6 Å². The van der Waals surface area contributed by atoms with Crippen LogP contribution in [0.5, 0.6) is 11.5 Å². The minimum atomic E-state index is -3.56. The third-order valence-corrected chi connectivity index (χ3v) is 6.61. The average molecular weight is 343 g/mol. The molecule has 6 heteroatoms. The molecule has 1 fully saturated rings. The van der Waals surface area contributed by atoms with Gasteiger partial charge in [-0.2, -0.15) is 0 Å². The Balaban J connectivity index is 1.39. The van der Waals surface area contributed by atoms with Gasteiger partial charge in [0.15, 0.2) is 11.5 Å². The largest absolute Gasteiger partial charge is 0.486 e. The molecule has 3 aliphatic rings. The fraction of sp³-hybridized carbons (Fsp3) is 0.333. The van der Waals surface area contributed by atoms with E-state index in [0.717, 1.165) is 6.42 Å². The van der Waals surface area contributed by atoms with Crippen LogP contribution in [0.15, 0.2) is 47.4 Å². The van der Waals surface area contributed by atoms with Crippen molar-refractivity contribution in [1.82, 2.24) is 4.72 Å². The van der Waals surface area contributed by atoms with Gasteiger partial charge in [0.1, 0.15) is 13.2 Å². The lowest BCUT2D eigenvalue weighted by molar-refractivity contribution is 0.171. The van der Waals surface area contributed by atoms with Crippen molar-refractivity contribution in [3.8, 4) is 11.5 Å². The normalized spacial score (nSPS) is 26.6. The van der Waals surface area contributed by atoms with E-state index in [-0.39, 0.29) is 10.9 Å². The number of rotatable bonds is 3. The zero-order valence-electron chi connectivity index (χ0n) is 12.9. The van der Waals surface area contributed by atoms with Crippen LogP contribution in [0.3, 0.4) is 0 Å². The molecule has 1 aliphatic heterocycles. The van der Waals surface area contributed by atoms with Crippen molar-refractivity contribution in [2.75, 3.05) is 13.2 Å². The topological polar surface area (TPSA) is 64.6 Å². The van der Waals surface area contributed by atoms with Crippen LogP contribution >= 0.6 is 0 Å². The Kier molecular flexibility index (Phi) is 2.96. The fourth-order valence-corrected chi connectivity index (χ4v) is 5.28. The highest BCUT2D eigenvalue weighted by Crippen LogP contribution is 2.56. The molecule has 5 rings (SSSR count). The number of hydrogen-bond acceptors (Lipinski definition) is 4. The third-order valence-electron chi connectivity index (χ3n) is 5.15. The molecule has 0 saturated heterocycles. The first-order valence-electron chi connectivity index (χ1n) is 8.13. The molecule has 0 spiro atoms. The molecule has 3 atom stereocenters. The molecular formula is C18H17NO4S. The van der Waals surface area contributed by atoms with Crippen LogP contribution in [0.1, 0.15) is 17.0 Å². The van der Waals surface area contributed by atoms with Crippen LogP contribution in [-0.4, -0.2) is 27.7 Å². The van der Waals surface area contributed by atoms with Crippen LogP contribution < -0.4 is 14.2 Å².